The summed E-state index contributed by atoms with van der Waals surface area (Å²) in [6.07, 6.45) is 0.0453. The summed E-state index contributed by atoms with van der Waals surface area (Å²) in [5.41, 5.74) is -0.0108. The second-order valence-electron chi connectivity index (χ2n) is 5.98. The highest BCUT2D eigenvalue weighted by molar-refractivity contribution is 5.78. The Kier molecular flexibility index (Phi) is 4.11. The minimum Gasteiger partial charge on any atom is -0.333 e. The van der Waals surface area contributed by atoms with Gasteiger partial charge in [0.25, 0.3) is 0 Å². The second kappa shape index (κ2) is 6.06. The third-order valence-electron chi connectivity index (χ3n) is 4.03. The predicted octanol–water partition coefficient (Wildman–Crippen LogP) is 2.15. The van der Waals surface area contributed by atoms with E-state index in [1.54, 1.807) is 4.90 Å². The van der Waals surface area contributed by atoms with Crippen molar-refractivity contribution in [3.8, 4) is 0 Å². The van der Waals surface area contributed by atoms with Gasteiger partial charge in [-0.1, -0.05) is 19.9 Å². The van der Waals surface area contributed by atoms with Gasteiger partial charge in [0, 0.05) is 31.0 Å². The van der Waals surface area contributed by atoms with Crippen LogP contribution in [0, 0.1) is 17.6 Å². The molecule has 0 N–H and O–H groups in total. The summed E-state index contributed by atoms with van der Waals surface area (Å²) in [6, 6.07) is 3.80. The molecule has 1 aromatic carbocycles. The average Bonchev–Trinajstić information content (AvgIpc) is 2.92. The van der Waals surface area contributed by atoms with Crippen LogP contribution < -0.4 is 0 Å². The molecule has 0 spiro atoms. The van der Waals surface area contributed by atoms with Gasteiger partial charge in [-0.25, -0.2) is 8.78 Å². The molecule has 1 aromatic heterocycles. The van der Waals surface area contributed by atoms with Crippen LogP contribution in [0.1, 0.15) is 31.1 Å². The molecule has 1 aliphatic heterocycles. The van der Waals surface area contributed by atoms with Crippen molar-refractivity contribution in [1.29, 1.82) is 0 Å². The zero-order valence-electron chi connectivity index (χ0n) is 13.1. The van der Waals surface area contributed by atoms with Crippen LogP contribution in [0.15, 0.2) is 18.2 Å². The van der Waals surface area contributed by atoms with Crippen molar-refractivity contribution >= 4 is 5.91 Å². The van der Waals surface area contributed by atoms with Crippen LogP contribution in [0.4, 0.5) is 8.78 Å². The second-order valence-corrected chi connectivity index (χ2v) is 5.98. The van der Waals surface area contributed by atoms with Crippen LogP contribution in [0.2, 0.25) is 0 Å². The first-order valence-corrected chi connectivity index (χ1v) is 7.60. The number of hydrogen-bond donors (Lipinski definition) is 0. The Morgan fingerprint density at radius 3 is 2.57 bits per heavy atom. The number of aromatic nitrogens is 3. The summed E-state index contributed by atoms with van der Waals surface area (Å²) in [5, 5.41) is 8.13. The van der Waals surface area contributed by atoms with E-state index < -0.39 is 11.6 Å². The normalized spacial score (nSPS) is 14.2. The van der Waals surface area contributed by atoms with E-state index in [1.807, 2.05) is 18.4 Å². The zero-order chi connectivity index (χ0) is 16.6. The fourth-order valence-corrected chi connectivity index (χ4v) is 2.76. The van der Waals surface area contributed by atoms with Crippen molar-refractivity contribution in [2.24, 2.45) is 5.92 Å². The average molecular weight is 320 g/mol. The Morgan fingerprint density at radius 2 is 1.91 bits per heavy atom. The zero-order valence-corrected chi connectivity index (χ0v) is 13.1. The van der Waals surface area contributed by atoms with Gasteiger partial charge in [-0.3, -0.25) is 4.79 Å². The minimum atomic E-state index is -0.588. The molecular weight excluding hydrogens is 302 g/mol. The van der Waals surface area contributed by atoms with Crippen molar-refractivity contribution in [2.45, 2.75) is 33.4 Å². The number of carbonyl (C=O) groups excluding carboxylic acids is 1. The van der Waals surface area contributed by atoms with E-state index in [-0.39, 0.29) is 23.8 Å². The molecule has 2 heterocycles. The molecule has 7 heteroatoms. The molecule has 3 rings (SSSR count). The lowest BCUT2D eigenvalue weighted by atomic mass is 10.1. The monoisotopic (exact) mass is 320 g/mol. The van der Waals surface area contributed by atoms with Crippen LogP contribution in [0.25, 0.3) is 0 Å². The lowest BCUT2D eigenvalue weighted by molar-refractivity contribution is -0.136. The predicted molar refractivity (Wildman–Crippen MR) is 79.4 cm³/mol. The molecule has 0 aliphatic carbocycles. The lowest BCUT2D eigenvalue weighted by Gasteiger charge is -2.29. The quantitative estimate of drug-likeness (QED) is 0.871. The van der Waals surface area contributed by atoms with Gasteiger partial charge in [-0.15, -0.1) is 10.2 Å². The molecule has 0 unspecified atom stereocenters. The first kappa shape index (κ1) is 15.6. The molecule has 1 aliphatic rings. The number of nitrogens with zero attached hydrogens (tertiary/aromatic N) is 4. The summed E-state index contributed by atoms with van der Waals surface area (Å²) < 4.78 is 29.4. The van der Waals surface area contributed by atoms with Crippen molar-refractivity contribution < 1.29 is 13.6 Å². The highest BCUT2D eigenvalue weighted by Gasteiger charge is 2.26. The highest BCUT2D eigenvalue weighted by Crippen LogP contribution is 2.19. The van der Waals surface area contributed by atoms with Crippen molar-refractivity contribution in [1.82, 2.24) is 19.7 Å². The van der Waals surface area contributed by atoms with E-state index in [2.05, 4.69) is 10.2 Å². The molecule has 1 amide bonds. The summed E-state index contributed by atoms with van der Waals surface area (Å²) in [5.74, 6) is -0.0143. The fourth-order valence-electron chi connectivity index (χ4n) is 2.76. The Balaban J connectivity index is 1.82. The summed E-state index contributed by atoms with van der Waals surface area (Å²) in [6.45, 7) is 5.17. The number of hydrogen-bond acceptors (Lipinski definition) is 3. The van der Waals surface area contributed by atoms with Crippen LogP contribution in [-0.4, -0.2) is 32.1 Å². The third kappa shape index (κ3) is 2.95. The summed E-state index contributed by atoms with van der Waals surface area (Å²) in [7, 11) is 0. The van der Waals surface area contributed by atoms with Crippen LogP contribution >= 0.6 is 0 Å². The molecule has 0 saturated carbocycles. The van der Waals surface area contributed by atoms with Gasteiger partial charge < -0.3 is 9.47 Å². The maximum absolute atomic E-state index is 13.8. The standard InChI is InChI=1S/C16H18F2N4O/c1-10(2)16(23)21-6-7-22-14(19-20-15(22)9-21)8-11-12(17)4-3-5-13(11)18/h3-5,10H,6-9H2,1-2H3. The molecule has 2 aromatic rings. The lowest BCUT2D eigenvalue weighted by Crippen LogP contribution is -2.40. The van der Waals surface area contributed by atoms with E-state index in [0.717, 1.165) is 0 Å². The van der Waals surface area contributed by atoms with E-state index in [4.69, 9.17) is 0 Å². The topological polar surface area (TPSA) is 51.0 Å². The number of carbonyl (C=O) groups is 1. The Labute approximate surface area is 132 Å². The third-order valence-corrected chi connectivity index (χ3v) is 4.03. The summed E-state index contributed by atoms with van der Waals surface area (Å²) in [4.78, 5) is 13.8. The van der Waals surface area contributed by atoms with Gasteiger partial charge in [0.15, 0.2) is 5.82 Å². The van der Waals surface area contributed by atoms with Crippen molar-refractivity contribution in [3.05, 3.63) is 47.0 Å². The molecule has 122 valence electrons. The van der Waals surface area contributed by atoms with E-state index in [9.17, 15) is 13.6 Å². The SMILES string of the molecule is CC(C)C(=O)N1CCn2c(Cc3c(F)cccc3F)nnc2C1. The minimum absolute atomic E-state index is 0.0108. The number of rotatable bonds is 3. The largest absolute Gasteiger partial charge is 0.333 e. The highest BCUT2D eigenvalue weighted by atomic mass is 19.1. The Bertz CT molecular complexity index is 721. The molecule has 23 heavy (non-hydrogen) atoms. The van der Waals surface area contributed by atoms with Gasteiger partial charge >= 0.3 is 0 Å². The van der Waals surface area contributed by atoms with Crippen LogP contribution in [0.3, 0.4) is 0 Å². The van der Waals surface area contributed by atoms with Gasteiger partial charge in [0.2, 0.25) is 5.91 Å². The molecule has 0 fully saturated rings. The first-order chi connectivity index (χ1) is 11.0. The smallest absolute Gasteiger partial charge is 0.225 e. The molecule has 5 nitrogen and oxygen atoms in total. The Hall–Kier alpha value is -2.31. The maximum Gasteiger partial charge on any atom is 0.225 e. The molecule has 0 atom stereocenters. The van der Waals surface area contributed by atoms with E-state index in [1.165, 1.54) is 18.2 Å². The van der Waals surface area contributed by atoms with Gasteiger partial charge in [0.05, 0.1) is 6.54 Å². The number of fused-ring (bicyclic) bond motifs is 1. The van der Waals surface area contributed by atoms with Crippen LogP contribution in [0.5, 0.6) is 0 Å². The Morgan fingerprint density at radius 1 is 1.22 bits per heavy atom. The van der Waals surface area contributed by atoms with E-state index in [0.29, 0.717) is 31.3 Å². The number of amides is 1. The van der Waals surface area contributed by atoms with Gasteiger partial charge in [-0.2, -0.15) is 0 Å². The molecule has 0 radical (unpaired) electrons. The van der Waals surface area contributed by atoms with E-state index >= 15 is 0 Å². The molecule has 0 bridgehead atoms. The van der Waals surface area contributed by atoms with Gasteiger partial charge in [0.1, 0.15) is 17.5 Å². The van der Waals surface area contributed by atoms with Gasteiger partial charge in [-0.05, 0) is 12.1 Å². The molecule has 0 saturated heterocycles. The van der Waals surface area contributed by atoms with Crippen molar-refractivity contribution in [3.63, 3.8) is 0 Å². The number of benzene rings is 1. The fraction of sp³-hybridized carbons (Fsp3) is 0.438. The maximum atomic E-state index is 13.8. The van der Waals surface area contributed by atoms with Crippen molar-refractivity contribution in [2.75, 3.05) is 6.54 Å². The van der Waals surface area contributed by atoms with Crippen LogP contribution in [-0.2, 0) is 24.3 Å². The first-order valence-electron chi connectivity index (χ1n) is 7.60. The number of halogens is 2. The summed E-state index contributed by atoms with van der Waals surface area (Å²) >= 11 is 0. The molecular formula is C16H18F2N4O.